The number of nitrogens with zero attached hydrogens (tertiary/aromatic N) is 3. The van der Waals surface area contributed by atoms with Gasteiger partial charge in [0.1, 0.15) is 17.1 Å². The average molecular weight is 342 g/mol. The minimum absolute atomic E-state index is 0.000737. The highest BCUT2D eigenvalue weighted by molar-refractivity contribution is 5.98. The van der Waals surface area contributed by atoms with Gasteiger partial charge >= 0.3 is 0 Å². The molecule has 1 aliphatic rings. The molecule has 134 valence electrons. The molecule has 2 aromatic rings. The van der Waals surface area contributed by atoms with Crippen LogP contribution in [0.2, 0.25) is 0 Å². The number of ether oxygens (including phenoxy) is 1. The Balaban J connectivity index is 1.48. The average Bonchev–Trinajstić information content (AvgIpc) is 2.99. The van der Waals surface area contributed by atoms with Gasteiger partial charge in [-0.3, -0.25) is 9.48 Å². The van der Waals surface area contributed by atoms with Crippen LogP contribution in [0.3, 0.4) is 0 Å². The lowest BCUT2D eigenvalue weighted by molar-refractivity contribution is 0.0688. The van der Waals surface area contributed by atoms with Gasteiger partial charge in [0.2, 0.25) is 0 Å². The highest BCUT2D eigenvalue weighted by atomic mass is 16.5. The number of hydrogen-bond acceptors (Lipinski definition) is 4. The first-order valence-corrected chi connectivity index (χ1v) is 8.78. The first-order valence-electron chi connectivity index (χ1n) is 8.78. The number of benzene rings is 1. The minimum atomic E-state index is -0.000737. The van der Waals surface area contributed by atoms with Crippen molar-refractivity contribution in [3.05, 3.63) is 41.6 Å². The van der Waals surface area contributed by atoms with Gasteiger partial charge in [-0.2, -0.15) is 5.10 Å². The number of methoxy groups -OCH3 is 1. The van der Waals surface area contributed by atoms with Crippen LogP contribution in [0.25, 0.3) is 0 Å². The number of carbonyl (C=O) groups excluding carboxylic acids is 1. The Bertz CT molecular complexity index is 716. The summed E-state index contributed by atoms with van der Waals surface area (Å²) in [7, 11) is 3.43. The number of rotatable bonds is 5. The van der Waals surface area contributed by atoms with Gasteiger partial charge in [-0.25, -0.2) is 0 Å². The molecule has 2 N–H and O–H groups in total. The Morgan fingerprint density at radius 1 is 1.28 bits per heavy atom. The third-order valence-electron chi connectivity index (χ3n) is 5.12. The molecular weight excluding hydrogens is 316 g/mol. The SMILES string of the molecule is COc1ccc(CCC2CCN(C(=O)c3cnn(C)c3N)CC2)cc1. The van der Waals surface area contributed by atoms with Crippen molar-refractivity contribution in [1.29, 1.82) is 0 Å². The molecule has 6 heteroatoms. The van der Waals surface area contributed by atoms with Crippen LogP contribution in [-0.4, -0.2) is 40.8 Å². The zero-order valence-electron chi connectivity index (χ0n) is 14.9. The maximum Gasteiger partial charge on any atom is 0.259 e. The van der Waals surface area contributed by atoms with Crippen molar-refractivity contribution in [3.8, 4) is 5.75 Å². The smallest absolute Gasteiger partial charge is 0.259 e. The lowest BCUT2D eigenvalue weighted by atomic mass is 9.90. The summed E-state index contributed by atoms with van der Waals surface area (Å²) in [6, 6.07) is 8.27. The maximum absolute atomic E-state index is 12.6. The predicted molar refractivity (Wildman–Crippen MR) is 97.6 cm³/mol. The molecule has 1 aromatic carbocycles. The van der Waals surface area contributed by atoms with E-state index in [2.05, 4.69) is 17.2 Å². The first kappa shape index (κ1) is 17.3. The van der Waals surface area contributed by atoms with Crippen LogP contribution in [-0.2, 0) is 13.5 Å². The zero-order chi connectivity index (χ0) is 17.8. The fourth-order valence-corrected chi connectivity index (χ4v) is 3.37. The number of aromatic nitrogens is 2. The molecule has 0 spiro atoms. The van der Waals surface area contributed by atoms with Crippen LogP contribution in [0.1, 0.15) is 35.2 Å². The van der Waals surface area contributed by atoms with Crippen molar-refractivity contribution >= 4 is 11.7 Å². The van der Waals surface area contributed by atoms with E-state index in [4.69, 9.17) is 10.5 Å². The summed E-state index contributed by atoms with van der Waals surface area (Å²) in [5.74, 6) is 1.99. The van der Waals surface area contributed by atoms with Gasteiger partial charge in [0.15, 0.2) is 0 Å². The van der Waals surface area contributed by atoms with Gasteiger partial charge in [0.25, 0.3) is 5.91 Å². The highest BCUT2D eigenvalue weighted by Gasteiger charge is 2.25. The van der Waals surface area contributed by atoms with Gasteiger partial charge in [0.05, 0.1) is 13.3 Å². The maximum atomic E-state index is 12.6. The molecule has 0 radical (unpaired) electrons. The second kappa shape index (κ2) is 7.59. The molecule has 0 saturated carbocycles. The van der Waals surface area contributed by atoms with E-state index in [-0.39, 0.29) is 5.91 Å². The minimum Gasteiger partial charge on any atom is -0.497 e. The van der Waals surface area contributed by atoms with Crippen LogP contribution >= 0.6 is 0 Å². The van der Waals surface area contributed by atoms with Crippen molar-refractivity contribution in [3.63, 3.8) is 0 Å². The number of hydrogen-bond donors (Lipinski definition) is 1. The van der Waals surface area contributed by atoms with E-state index in [1.807, 2.05) is 17.0 Å². The number of carbonyl (C=O) groups is 1. The number of nitrogen functional groups attached to an aromatic ring is 1. The Morgan fingerprint density at radius 2 is 1.96 bits per heavy atom. The predicted octanol–water partition coefficient (Wildman–Crippen LogP) is 2.50. The van der Waals surface area contributed by atoms with E-state index < -0.39 is 0 Å². The number of amides is 1. The number of aryl methyl sites for hydroxylation is 2. The molecule has 0 unspecified atom stereocenters. The van der Waals surface area contributed by atoms with Crippen molar-refractivity contribution in [2.75, 3.05) is 25.9 Å². The number of nitrogens with two attached hydrogens (primary N) is 1. The van der Waals surface area contributed by atoms with Crippen LogP contribution in [0.15, 0.2) is 30.5 Å². The quantitative estimate of drug-likeness (QED) is 0.906. The fraction of sp³-hybridized carbons (Fsp3) is 0.474. The Morgan fingerprint density at radius 3 is 2.52 bits per heavy atom. The topological polar surface area (TPSA) is 73.4 Å². The van der Waals surface area contributed by atoms with E-state index in [1.54, 1.807) is 20.4 Å². The summed E-state index contributed by atoms with van der Waals surface area (Å²) in [5, 5.41) is 4.06. The number of anilines is 1. The van der Waals surface area contributed by atoms with E-state index in [9.17, 15) is 4.79 Å². The molecular formula is C19H26N4O2. The summed E-state index contributed by atoms with van der Waals surface area (Å²) in [6.45, 7) is 1.58. The standard InChI is InChI=1S/C19H26N4O2/c1-22-18(20)17(13-21-22)19(24)23-11-9-15(10-12-23)4-3-14-5-7-16(25-2)8-6-14/h5-8,13,15H,3-4,9-12,20H2,1-2H3. The Kier molecular flexibility index (Phi) is 5.26. The molecule has 1 aromatic heterocycles. The van der Waals surface area contributed by atoms with E-state index in [0.29, 0.717) is 17.3 Å². The van der Waals surface area contributed by atoms with Gasteiger partial charge in [-0.1, -0.05) is 12.1 Å². The van der Waals surface area contributed by atoms with Gasteiger partial charge in [-0.05, 0) is 49.3 Å². The summed E-state index contributed by atoms with van der Waals surface area (Å²) in [4.78, 5) is 14.5. The molecule has 1 saturated heterocycles. The molecule has 3 rings (SSSR count). The van der Waals surface area contributed by atoms with E-state index in [1.165, 1.54) is 10.2 Å². The molecule has 1 amide bonds. The molecule has 0 atom stereocenters. The summed E-state index contributed by atoms with van der Waals surface area (Å²) < 4.78 is 6.73. The van der Waals surface area contributed by atoms with Gasteiger partial charge < -0.3 is 15.4 Å². The number of piperidine rings is 1. The largest absolute Gasteiger partial charge is 0.497 e. The molecule has 6 nitrogen and oxygen atoms in total. The van der Waals surface area contributed by atoms with Crippen molar-refractivity contribution in [1.82, 2.24) is 14.7 Å². The van der Waals surface area contributed by atoms with Crippen LogP contribution in [0.5, 0.6) is 5.75 Å². The molecule has 2 heterocycles. The molecule has 0 bridgehead atoms. The summed E-state index contributed by atoms with van der Waals surface area (Å²) >= 11 is 0. The van der Waals surface area contributed by atoms with Crippen LogP contribution in [0.4, 0.5) is 5.82 Å². The third-order valence-corrected chi connectivity index (χ3v) is 5.12. The van der Waals surface area contributed by atoms with Gasteiger partial charge in [-0.15, -0.1) is 0 Å². The van der Waals surface area contributed by atoms with Crippen molar-refractivity contribution < 1.29 is 9.53 Å². The fourth-order valence-electron chi connectivity index (χ4n) is 3.37. The Hall–Kier alpha value is -2.50. The van der Waals surface area contributed by atoms with E-state index in [0.717, 1.165) is 44.5 Å². The highest BCUT2D eigenvalue weighted by Crippen LogP contribution is 2.25. The van der Waals surface area contributed by atoms with Crippen LogP contribution in [0, 0.1) is 5.92 Å². The first-order chi connectivity index (χ1) is 12.1. The van der Waals surface area contributed by atoms with Gasteiger partial charge in [0, 0.05) is 20.1 Å². The second-order valence-electron chi connectivity index (χ2n) is 6.69. The molecule has 1 aliphatic heterocycles. The molecule has 0 aliphatic carbocycles. The van der Waals surface area contributed by atoms with Crippen molar-refractivity contribution in [2.45, 2.75) is 25.7 Å². The summed E-state index contributed by atoms with van der Waals surface area (Å²) in [6.07, 6.45) is 5.87. The number of likely N-dealkylation sites (tertiary alicyclic amines) is 1. The van der Waals surface area contributed by atoms with Crippen molar-refractivity contribution in [2.24, 2.45) is 13.0 Å². The lowest BCUT2D eigenvalue weighted by Crippen LogP contribution is -2.38. The zero-order valence-corrected chi connectivity index (χ0v) is 14.9. The van der Waals surface area contributed by atoms with E-state index >= 15 is 0 Å². The third kappa shape index (κ3) is 3.95. The monoisotopic (exact) mass is 342 g/mol. The summed E-state index contributed by atoms with van der Waals surface area (Å²) in [5.41, 5.74) is 7.76. The second-order valence-corrected chi connectivity index (χ2v) is 6.69. The normalized spacial score (nSPS) is 15.4. The lowest BCUT2D eigenvalue weighted by Gasteiger charge is -2.32. The molecule has 25 heavy (non-hydrogen) atoms. The van der Waals surface area contributed by atoms with Crippen LogP contribution < -0.4 is 10.5 Å². The molecule has 1 fully saturated rings. The Labute approximate surface area is 148 Å².